The Morgan fingerprint density at radius 1 is 1.06 bits per heavy atom. The van der Waals surface area contributed by atoms with E-state index in [-0.39, 0.29) is 0 Å². The molecule has 17 heavy (non-hydrogen) atoms. The second kappa shape index (κ2) is 5.08. The summed E-state index contributed by atoms with van der Waals surface area (Å²) in [6.07, 6.45) is 12.0. The Kier molecular flexibility index (Phi) is 3.71. The molecule has 0 N–H and O–H groups in total. The van der Waals surface area contributed by atoms with Crippen molar-refractivity contribution in [3.05, 3.63) is 46.1 Å². The minimum absolute atomic E-state index is 0.693. The molecule has 92 valence electrons. The Labute approximate surface area is 106 Å². The van der Waals surface area contributed by atoms with Crippen molar-refractivity contribution < 1.29 is 0 Å². The summed E-state index contributed by atoms with van der Waals surface area (Å²) in [5.74, 6) is 0.693. The summed E-state index contributed by atoms with van der Waals surface area (Å²) in [4.78, 5) is 0. The van der Waals surface area contributed by atoms with Crippen LogP contribution in [0.2, 0.25) is 0 Å². The Morgan fingerprint density at radius 2 is 1.82 bits per heavy atom. The summed E-state index contributed by atoms with van der Waals surface area (Å²) >= 11 is 0. The molecule has 0 aromatic carbocycles. The molecule has 0 heterocycles. The quantitative estimate of drug-likeness (QED) is 0.598. The minimum Gasteiger partial charge on any atom is -0.0839 e. The monoisotopic (exact) mass is 228 g/mol. The van der Waals surface area contributed by atoms with E-state index in [0.717, 1.165) is 0 Å². The first-order valence-corrected chi connectivity index (χ1v) is 6.86. The van der Waals surface area contributed by atoms with Gasteiger partial charge in [0, 0.05) is 0 Å². The van der Waals surface area contributed by atoms with Crippen LogP contribution in [0.25, 0.3) is 0 Å². The number of hydrogen-bond acceptors (Lipinski definition) is 0. The molecule has 2 aliphatic carbocycles. The van der Waals surface area contributed by atoms with E-state index in [9.17, 15) is 0 Å². The predicted molar refractivity (Wildman–Crippen MR) is 75.9 cm³/mol. The molecule has 0 unspecified atom stereocenters. The zero-order chi connectivity index (χ0) is 12.4. The van der Waals surface area contributed by atoms with E-state index >= 15 is 0 Å². The smallest absolute Gasteiger partial charge is 0.0233 e. The van der Waals surface area contributed by atoms with Crippen LogP contribution in [0.3, 0.4) is 0 Å². The lowest BCUT2D eigenvalue weighted by molar-refractivity contribution is 0.694. The molecule has 0 fully saturated rings. The van der Waals surface area contributed by atoms with Gasteiger partial charge in [0.1, 0.15) is 0 Å². The van der Waals surface area contributed by atoms with Crippen LogP contribution in [0, 0.1) is 5.92 Å². The van der Waals surface area contributed by atoms with E-state index in [0.29, 0.717) is 5.92 Å². The maximum atomic E-state index is 2.47. The molecule has 0 atom stereocenters. The van der Waals surface area contributed by atoms with Crippen LogP contribution in [0.5, 0.6) is 0 Å². The van der Waals surface area contributed by atoms with Crippen molar-refractivity contribution in [2.24, 2.45) is 5.92 Å². The fourth-order valence-corrected chi connectivity index (χ4v) is 2.78. The summed E-state index contributed by atoms with van der Waals surface area (Å²) in [7, 11) is 0. The zero-order valence-electron chi connectivity index (χ0n) is 11.6. The van der Waals surface area contributed by atoms with Crippen molar-refractivity contribution in [2.45, 2.75) is 53.4 Å². The van der Waals surface area contributed by atoms with E-state index in [1.807, 2.05) is 0 Å². The van der Waals surface area contributed by atoms with Gasteiger partial charge in [-0.25, -0.2) is 0 Å². The molecule has 0 aromatic rings. The van der Waals surface area contributed by atoms with Crippen molar-refractivity contribution in [1.29, 1.82) is 0 Å². The normalized spacial score (nSPS) is 21.4. The average Bonchev–Trinajstić information content (AvgIpc) is 2.30. The highest BCUT2D eigenvalue weighted by Gasteiger charge is 2.17. The lowest BCUT2D eigenvalue weighted by Crippen LogP contribution is -2.06. The molecule has 2 rings (SSSR count). The fourth-order valence-electron chi connectivity index (χ4n) is 2.78. The van der Waals surface area contributed by atoms with E-state index in [1.165, 1.54) is 31.3 Å². The summed E-state index contributed by atoms with van der Waals surface area (Å²) in [5, 5.41) is 0. The molecule has 0 amide bonds. The van der Waals surface area contributed by atoms with E-state index in [4.69, 9.17) is 0 Å². The third-order valence-corrected chi connectivity index (χ3v) is 4.05. The first-order chi connectivity index (χ1) is 8.09. The summed E-state index contributed by atoms with van der Waals surface area (Å²) in [6, 6.07) is 0. The lowest BCUT2D eigenvalue weighted by Gasteiger charge is -2.24. The van der Waals surface area contributed by atoms with Crippen LogP contribution in [0.4, 0.5) is 0 Å². The van der Waals surface area contributed by atoms with E-state index in [1.54, 1.807) is 22.3 Å². The van der Waals surface area contributed by atoms with Crippen LogP contribution >= 0.6 is 0 Å². The molecule has 0 aromatic heterocycles. The Balaban J connectivity index is 2.39. The van der Waals surface area contributed by atoms with Gasteiger partial charge >= 0.3 is 0 Å². The molecule has 0 saturated heterocycles. The second-order valence-electron chi connectivity index (χ2n) is 5.67. The highest BCUT2D eigenvalue weighted by Crippen LogP contribution is 2.35. The van der Waals surface area contributed by atoms with Crippen LogP contribution in [-0.2, 0) is 0 Å². The highest BCUT2D eigenvalue weighted by atomic mass is 14.2. The van der Waals surface area contributed by atoms with Crippen molar-refractivity contribution >= 4 is 0 Å². The summed E-state index contributed by atoms with van der Waals surface area (Å²) < 4.78 is 0. The number of hydrogen-bond donors (Lipinski definition) is 0. The average molecular weight is 228 g/mol. The third-order valence-electron chi connectivity index (χ3n) is 4.05. The van der Waals surface area contributed by atoms with Crippen molar-refractivity contribution in [1.82, 2.24) is 0 Å². The standard InChI is InChI=1S/C17H24/c1-12(2)15-10-9-14(4)17(11-15)16-8-6-5-7-13(16)3/h5,7,11-12H,6,8-10H2,1-4H3. The first-order valence-electron chi connectivity index (χ1n) is 6.86. The van der Waals surface area contributed by atoms with Crippen molar-refractivity contribution in [3.8, 4) is 0 Å². The van der Waals surface area contributed by atoms with Gasteiger partial charge in [-0.3, -0.25) is 0 Å². The van der Waals surface area contributed by atoms with Gasteiger partial charge in [0.25, 0.3) is 0 Å². The van der Waals surface area contributed by atoms with Crippen LogP contribution in [0.15, 0.2) is 46.1 Å². The maximum Gasteiger partial charge on any atom is -0.0233 e. The molecule has 0 spiro atoms. The largest absolute Gasteiger partial charge is 0.0839 e. The molecule has 0 radical (unpaired) electrons. The highest BCUT2D eigenvalue weighted by molar-refractivity contribution is 5.51. The van der Waals surface area contributed by atoms with Gasteiger partial charge in [0.2, 0.25) is 0 Å². The first kappa shape index (κ1) is 12.4. The summed E-state index contributed by atoms with van der Waals surface area (Å²) in [5.41, 5.74) is 7.80. The topological polar surface area (TPSA) is 0 Å². The Bertz CT molecular complexity index is 425. The zero-order valence-corrected chi connectivity index (χ0v) is 11.6. The second-order valence-corrected chi connectivity index (χ2v) is 5.67. The van der Waals surface area contributed by atoms with Crippen LogP contribution in [-0.4, -0.2) is 0 Å². The van der Waals surface area contributed by atoms with Gasteiger partial charge in [-0.2, -0.15) is 0 Å². The number of rotatable bonds is 2. The minimum atomic E-state index is 0.693. The maximum absolute atomic E-state index is 2.47. The van der Waals surface area contributed by atoms with E-state index < -0.39 is 0 Å². The lowest BCUT2D eigenvalue weighted by atomic mass is 9.81. The Hall–Kier alpha value is -1.04. The molecule has 0 aliphatic heterocycles. The molecule has 0 nitrogen and oxygen atoms in total. The van der Waals surface area contributed by atoms with Gasteiger partial charge in [0.15, 0.2) is 0 Å². The predicted octanol–water partition coefficient (Wildman–Crippen LogP) is 5.35. The van der Waals surface area contributed by atoms with Crippen LogP contribution in [0.1, 0.15) is 53.4 Å². The Morgan fingerprint density at radius 3 is 2.47 bits per heavy atom. The van der Waals surface area contributed by atoms with Gasteiger partial charge in [-0.1, -0.05) is 43.2 Å². The van der Waals surface area contributed by atoms with Crippen molar-refractivity contribution in [2.75, 3.05) is 0 Å². The molecular weight excluding hydrogens is 204 g/mol. The van der Waals surface area contributed by atoms with Gasteiger partial charge in [0.05, 0.1) is 0 Å². The van der Waals surface area contributed by atoms with Gasteiger partial charge in [-0.15, -0.1) is 0 Å². The van der Waals surface area contributed by atoms with Crippen molar-refractivity contribution in [3.63, 3.8) is 0 Å². The van der Waals surface area contributed by atoms with Crippen LogP contribution < -0.4 is 0 Å². The van der Waals surface area contributed by atoms with Gasteiger partial charge < -0.3 is 0 Å². The SMILES string of the molecule is CC1=C(C2=C(C)CCC(C(C)C)=C2)CCC=C1. The summed E-state index contributed by atoms with van der Waals surface area (Å²) in [6.45, 7) is 9.18. The molecule has 0 heteroatoms. The molecule has 0 bridgehead atoms. The molecule has 0 saturated carbocycles. The fraction of sp³-hybridized carbons (Fsp3) is 0.529. The third kappa shape index (κ3) is 2.62. The number of allylic oxidation sites excluding steroid dienone is 8. The van der Waals surface area contributed by atoms with Gasteiger partial charge in [-0.05, 0) is 62.2 Å². The van der Waals surface area contributed by atoms with E-state index in [2.05, 4.69) is 45.9 Å². The molecular formula is C17H24. The molecule has 2 aliphatic rings.